The molecule has 1 aliphatic carbocycles. The van der Waals surface area contributed by atoms with Gasteiger partial charge in [-0.2, -0.15) is 0 Å². The van der Waals surface area contributed by atoms with Gasteiger partial charge in [-0.1, -0.05) is 26.7 Å². The third kappa shape index (κ3) is 4.03. The monoisotopic (exact) mass is 379 g/mol. The standard InChI is InChI=1S/C18H25N3O2S2/c1-11-5-3-6-13(12(11)2)19-15(22)7-4-9-21-17(23)16-14(8-10-25-16)20-18(21)24/h8,10-13H,3-7,9H2,1-2H3,(H,19,22)(H,20,24). The second-order valence-corrected chi connectivity index (χ2v) is 8.40. The van der Waals surface area contributed by atoms with Crippen LogP contribution in [-0.2, 0) is 11.3 Å². The number of nitrogens with zero attached hydrogens (tertiary/aromatic N) is 1. The van der Waals surface area contributed by atoms with Crippen molar-refractivity contribution in [1.82, 2.24) is 14.9 Å². The Bertz CT molecular complexity index is 867. The van der Waals surface area contributed by atoms with Crippen LogP contribution in [0, 0.1) is 16.6 Å². The Morgan fingerprint density at radius 2 is 2.24 bits per heavy atom. The summed E-state index contributed by atoms with van der Waals surface area (Å²) in [5, 5.41) is 5.06. The van der Waals surface area contributed by atoms with Gasteiger partial charge in [0.05, 0.1) is 5.52 Å². The number of carbonyl (C=O) groups is 1. The van der Waals surface area contributed by atoms with Crippen LogP contribution in [0.5, 0.6) is 0 Å². The molecule has 0 aromatic carbocycles. The summed E-state index contributed by atoms with van der Waals surface area (Å²) >= 11 is 6.69. The van der Waals surface area contributed by atoms with Crippen LogP contribution in [0.3, 0.4) is 0 Å². The molecule has 0 aliphatic heterocycles. The van der Waals surface area contributed by atoms with Crippen LogP contribution in [0.15, 0.2) is 16.2 Å². The average molecular weight is 380 g/mol. The van der Waals surface area contributed by atoms with Crippen LogP contribution in [0.1, 0.15) is 46.0 Å². The van der Waals surface area contributed by atoms with E-state index in [0.717, 1.165) is 11.9 Å². The van der Waals surface area contributed by atoms with Crippen LogP contribution in [-0.4, -0.2) is 21.5 Å². The summed E-state index contributed by atoms with van der Waals surface area (Å²) in [5.41, 5.74) is 0.721. The molecule has 136 valence electrons. The van der Waals surface area contributed by atoms with Crippen LogP contribution in [0.25, 0.3) is 10.2 Å². The molecule has 3 atom stereocenters. The van der Waals surface area contributed by atoms with Crippen molar-refractivity contribution in [3.8, 4) is 0 Å². The van der Waals surface area contributed by atoms with Gasteiger partial charge in [0.1, 0.15) is 4.70 Å². The van der Waals surface area contributed by atoms with Gasteiger partial charge in [0.2, 0.25) is 5.91 Å². The van der Waals surface area contributed by atoms with Gasteiger partial charge >= 0.3 is 0 Å². The van der Waals surface area contributed by atoms with Gasteiger partial charge in [0.15, 0.2) is 4.77 Å². The summed E-state index contributed by atoms with van der Waals surface area (Å²) in [6.45, 7) is 4.95. The molecule has 25 heavy (non-hydrogen) atoms. The van der Waals surface area contributed by atoms with Gasteiger partial charge in [-0.25, -0.2) is 0 Å². The molecule has 1 aliphatic rings. The number of rotatable bonds is 5. The molecule has 0 saturated heterocycles. The minimum absolute atomic E-state index is 0.0658. The lowest BCUT2D eigenvalue weighted by Crippen LogP contribution is -2.43. The van der Waals surface area contributed by atoms with E-state index in [9.17, 15) is 9.59 Å². The molecule has 2 N–H and O–H groups in total. The number of H-pyrrole nitrogens is 1. The van der Waals surface area contributed by atoms with Gasteiger partial charge in [-0.15, -0.1) is 11.3 Å². The van der Waals surface area contributed by atoms with Crippen molar-refractivity contribution in [1.29, 1.82) is 0 Å². The largest absolute Gasteiger partial charge is 0.353 e. The molecule has 2 aromatic rings. The molecular formula is C18H25N3O2S2. The van der Waals surface area contributed by atoms with Crippen molar-refractivity contribution in [3.63, 3.8) is 0 Å². The van der Waals surface area contributed by atoms with Crippen molar-refractivity contribution in [2.75, 3.05) is 0 Å². The Labute approximate surface area is 156 Å². The fourth-order valence-electron chi connectivity index (χ4n) is 3.64. The molecule has 1 amide bonds. The normalized spacial score (nSPS) is 23.7. The summed E-state index contributed by atoms with van der Waals surface area (Å²) in [6, 6.07) is 2.14. The summed E-state index contributed by atoms with van der Waals surface area (Å²) < 4.78 is 2.67. The van der Waals surface area contributed by atoms with Gasteiger partial charge < -0.3 is 10.3 Å². The van der Waals surface area contributed by atoms with E-state index in [-0.39, 0.29) is 17.5 Å². The lowest BCUT2D eigenvalue weighted by Gasteiger charge is -2.34. The molecule has 1 fully saturated rings. The van der Waals surface area contributed by atoms with Crippen LogP contribution in [0.2, 0.25) is 0 Å². The molecule has 3 unspecified atom stereocenters. The highest BCUT2D eigenvalue weighted by Gasteiger charge is 2.27. The first-order chi connectivity index (χ1) is 12.0. The first-order valence-electron chi connectivity index (χ1n) is 8.97. The molecule has 2 aromatic heterocycles. The smallest absolute Gasteiger partial charge is 0.272 e. The van der Waals surface area contributed by atoms with E-state index in [1.54, 1.807) is 4.57 Å². The van der Waals surface area contributed by atoms with Crippen molar-refractivity contribution in [3.05, 3.63) is 26.6 Å². The molecule has 0 radical (unpaired) electrons. The van der Waals surface area contributed by atoms with Crippen molar-refractivity contribution < 1.29 is 4.79 Å². The van der Waals surface area contributed by atoms with Crippen LogP contribution >= 0.6 is 23.6 Å². The lowest BCUT2D eigenvalue weighted by atomic mass is 9.78. The first-order valence-corrected chi connectivity index (χ1v) is 10.3. The van der Waals surface area contributed by atoms with E-state index in [1.165, 1.54) is 24.2 Å². The summed E-state index contributed by atoms with van der Waals surface area (Å²) in [7, 11) is 0. The minimum atomic E-state index is -0.0658. The quantitative estimate of drug-likeness (QED) is 0.776. The predicted molar refractivity (Wildman–Crippen MR) is 105 cm³/mol. The number of fused-ring (bicyclic) bond motifs is 1. The minimum Gasteiger partial charge on any atom is -0.353 e. The number of aromatic amines is 1. The summed E-state index contributed by atoms with van der Waals surface area (Å²) in [5.74, 6) is 1.26. The fraction of sp³-hybridized carbons (Fsp3) is 0.611. The number of nitrogens with one attached hydrogen (secondary N) is 2. The maximum Gasteiger partial charge on any atom is 0.272 e. The topological polar surface area (TPSA) is 66.9 Å². The lowest BCUT2D eigenvalue weighted by molar-refractivity contribution is -0.122. The molecule has 5 nitrogen and oxygen atoms in total. The Hall–Kier alpha value is -1.47. The van der Waals surface area contributed by atoms with Gasteiger partial charge in [-0.05, 0) is 48.3 Å². The van der Waals surface area contributed by atoms with Crippen molar-refractivity contribution in [2.45, 2.75) is 58.5 Å². The summed E-state index contributed by atoms with van der Waals surface area (Å²) in [6.07, 6.45) is 4.52. The third-order valence-electron chi connectivity index (χ3n) is 5.43. The van der Waals surface area contributed by atoms with Gasteiger partial charge in [0.25, 0.3) is 5.56 Å². The fourth-order valence-corrected chi connectivity index (χ4v) is 4.72. The number of thiophene rings is 1. The highest BCUT2D eigenvalue weighted by Crippen LogP contribution is 2.29. The Morgan fingerprint density at radius 3 is 3.04 bits per heavy atom. The van der Waals surface area contributed by atoms with E-state index < -0.39 is 0 Å². The van der Waals surface area contributed by atoms with E-state index in [4.69, 9.17) is 12.2 Å². The molecular weight excluding hydrogens is 354 g/mol. The number of aromatic nitrogens is 2. The summed E-state index contributed by atoms with van der Waals surface area (Å²) in [4.78, 5) is 27.8. The maximum atomic E-state index is 12.5. The van der Waals surface area contributed by atoms with Gasteiger partial charge in [-0.3, -0.25) is 14.2 Å². The number of carbonyl (C=O) groups excluding carboxylic acids is 1. The SMILES string of the molecule is CC1CCCC(NC(=O)CCCn2c(=S)[nH]c3ccsc3c2=O)C1C. The zero-order valence-corrected chi connectivity index (χ0v) is 16.3. The molecule has 2 heterocycles. The number of amides is 1. The Kier molecular flexibility index (Phi) is 5.74. The molecule has 0 spiro atoms. The van der Waals surface area contributed by atoms with E-state index in [2.05, 4.69) is 24.1 Å². The Balaban J connectivity index is 1.57. The van der Waals surface area contributed by atoms with Crippen molar-refractivity contribution in [2.24, 2.45) is 11.8 Å². The van der Waals surface area contributed by atoms with E-state index in [1.807, 2.05) is 11.4 Å². The highest BCUT2D eigenvalue weighted by atomic mass is 32.1. The zero-order valence-electron chi connectivity index (χ0n) is 14.7. The molecule has 0 bridgehead atoms. The van der Waals surface area contributed by atoms with Crippen molar-refractivity contribution >= 4 is 39.7 Å². The first kappa shape index (κ1) is 18.3. The number of hydrogen-bond donors (Lipinski definition) is 2. The molecule has 7 heteroatoms. The second kappa shape index (κ2) is 7.83. The predicted octanol–water partition coefficient (Wildman–Crippen LogP) is 3.84. The zero-order chi connectivity index (χ0) is 18.0. The average Bonchev–Trinajstić information content (AvgIpc) is 3.03. The second-order valence-electron chi connectivity index (χ2n) is 7.10. The number of hydrogen-bond acceptors (Lipinski definition) is 4. The Morgan fingerprint density at radius 1 is 1.44 bits per heavy atom. The van der Waals surface area contributed by atoms with E-state index in [0.29, 0.717) is 40.7 Å². The maximum absolute atomic E-state index is 12.5. The molecule has 1 saturated carbocycles. The van der Waals surface area contributed by atoms with Gasteiger partial charge in [0, 0.05) is 19.0 Å². The third-order valence-corrected chi connectivity index (χ3v) is 6.66. The molecule has 3 rings (SSSR count). The highest BCUT2D eigenvalue weighted by molar-refractivity contribution is 7.71. The van der Waals surface area contributed by atoms with Crippen LogP contribution in [0.4, 0.5) is 0 Å². The van der Waals surface area contributed by atoms with Crippen LogP contribution < -0.4 is 10.9 Å². The van der Waals surface area contributed by atoms with E-state index >= 15 is 0 Å².